The highest BCUT2D eigenvalue weighted by molar-refractivity contribution is 6.42. The predicted molar refractivity (Wildman–Crippen MR) is 129 cm³/mol. The molecule has 0 radical (unpaired) electrons. The number of anilines is 1. The van der Waals surface area contributed by atoms with Crippen LogP contribution in [0.2, 0.25) is 10.0 Å². The summed E-state index contributed by atoms with van der Waals surface area (Å²) in [5.41, 5.74) is 2.30. The number of aryl methyl sites for hydroxylation is 1. The Labute approximate surface area is 209 Å². The van der Waals surface area contributed by atoms with Crippen LogP contribution < -0.4 is 5.32 Å². The molecule has 1 amide bonds. The summed E-state index contributed by atoms with van der Waals surface area (Å²) in [6.07, 6.45) is -1.30. The number of carbonyl (C=O) groups excluding carboxylic acids is 1. The fraction of sp³-hybridized carbons (Fsp3) is 0.240. The SMILES string of the molecule is CC1=C(C(=O)N=CC2CCc3ccccc32)C(c2ccc(Cl)c(Cl)c2)n2nc(C(F)(F)F)cc2N1. The number of allylic oxidation sites excluding steroid dienone is 1. The largest absolute Gasteiger partial charge is 0.435 e. The number of rotatable bonds is 3. The van der Waals surface area contributed by atoms with Crippen LogP contribution >= 0.6 is 23.2 Å². The van der Waals surface area contributed by atoms with Gasteiger partial charge in [0.1, 0.15) is 11.9 Å². The molecule has 0 saturated carbocycles. The van der Waals surface area contributed by atoms with Crippen molar-refractivity contribution in [2.75, 3.05) is 5.32 Å². The average Bonchev–Trinajstić information content (AvgIpc) is 3.42. The molecule has 2 aromatic carbocycles. The van der Waals surface area contributed by atoms with Crippen LogP contribution in [0.15, 0.2) is 64.8 Å². The number of amides is 1. The van der Waals surface area contributed by atoms with E-state index in [1.807, 2.05) is 18.2 Å². The number of benzene rings is 2. The zero-order valence-corrected chi connectivity index (χ0v) is 19.9. The number of aliphatic imine (C=N–C) groups is 1. The van der Waals surface area contributed by atoms with E-state index >= 15 is 0 Å². The molecule has 0 saturated heterocycles. The normalized spacial score (nSPS) is 19.6. The summed E-state index contributed by atoms with van der Waals surface area (Å²) in [6.45, 7) is 1.63. The van der Waals surface area contributed by atoms with Gasteiger partial charge in [0.2, 0.25) is 0 Å². The van der Waals surface area contributed by atoms with Gasteiger partial charge in [0, 0.05) is 23.9 Å². The van der Waals surface area contributed by atoms with Crippen molar-refractivity contribution in [2.24, 2.45) is 4.99 Å². The molecule has 5 nitrogen and oxygen atoms in total. The van der Waals surface area contributed by atoms with Gasteiger partial charge in [-0.05, 0) is 48.6 Å². The number of carbonyl (C=O) groups is 1. The van der Waals surface area contributed by atoms with E-state index in [2.05, 4.69) is 21.5 Å². The fourth-order valence-corrected chi connectivity index (χ4v) is 4.96. The number of nitrogens with zero attached hydrogens (tertiary/aromatic N) is 3. The maximum Gasteiger partial charge on any atom is 0.435 e. The van der Waals surface area contributed by atoms with Crippen LogP contribution in [0.25, 0.3) is 0 Å². The topological polar surface area (TPSA) is 59.3 Å². The molecule has 35 heavy (non-hydrogen) atoms. The zero-order valence-electron chi connectivity index (χ0n) is 18.4. The highest BCUT2D eigenvalue weighted by atomic mass is 35.5. The Morgan fingerprint density at radius 3 is 2.69 bits per heavy atom. The molecule has 5 rings (SSSR count). The molecule has 3 aromatic rings. The van der Waals surface area contributed by atoms with Crippen molar-refractivity contribution >= 4 is 41.1 Å². The fourth-order valence-electron chi connectivity index (χ4n) is 4.65. The molecular formula is C25H19Cl2F3N4O. The van der Waals surface area contributed by atoms with Gasteiger partial charge in [-0.1, -0.05) is 53.5 Å². The molecule has 1 aliphatic carbocycles. The molecule has 0 bridgehead atoms. The van der Waals surface area contributed by atoms with E-state index in [4.69, 9.17) is 23.2 Å². The third-order valence-corrected chi connectivity index (χ3v) is 7.04. The maximum atomic E-state index is 13.4. The van der Waals surface area contributed by atoms with E-state index in [9.17, 15) is 18.0 Å². The Bertz CT molecular complexity index is 1390. The van der Waals surface area contributed by atoms with Gasteiger partial charge in [-0.25, -0.2) is 9.67 Å². The number of halogens is 5. The van der Waals surface area contributed by atoms with Crippen LogP contribution in [0, 0.1) is 0 Å². The Balaban J connectivity index is 1.56. The third-order valence-electron chi connectivity index (χ3n) is 6.30. The number of alkyl halides is 3. The molecule has 1 aromatic heterocycles. The third kappa shape index (κ3) is 4.36. The van der Waals surface area contributed by atoms with E-state index in [0.29, 0.717) is 11.3 Å². The standard InChI is InChI=1S/C25H19Cl2F3N4O/c1-13-22(24(35)31-12-16-7-6-14-4-2-3-5-17(14)16)23(15-8-9-18(26)19(27)10-15)34-21(32-13)11-20(33-34)25(28,29)30/h2-5,8-12,16,23,32H,6-7H2,1H3. The maximum absolute atomic E-state index is 13.4. The summed E-state index contributed by atoms with van der Waals surface area (Å²) in [4.78, 5) is 17.6. The summed E-state index contributed by atoms with van der Waals surface area (Å²) in [5.74, 6) is -0.463. The molecular weight excluding hydrogens is 500 g/mol. The van der Waals surface area contributed by atoms with Crippen LogP contribution in [-0.4, -0.2) is 21.9 Å². The van der Waals surface area contributed by atoms with Gasteiger partial charge in [-0.3, -0.25) is 4.79 Å². The van der Waals surface area contributed by atoms with Crippen LogP contribution in [0.1, 0.15) is 47.7 Å². The summed E-state index contributed by atoms with van der Waals surface area (Å²) in [6, 6.07) is 12.6. The van der Waals surface area contributed by atoms with Crippen LogP contribution in [0.3, 0.4) is 0 Å². The molecule has 0 spiro atoms. The van der Waals surface area contributed by atoms with Crippen molar-refractivity contribution in [1.29, 1.82) is 0 Å². The van der Waals surface area contributed by atoms with Gasteiger partial charge in [-0.2, -0.15) is 18.3 Å². The second-order valence-electron chi connectivity index (χ2n) is 8.52. The highest BCUT2D eigenvalue weighted by Gasteiger charge is 2.39. The lowest BCUT2D eigenvalue weighted by molar-refractivity contribution is -0.141. The van der Waals surface area contributed by atoms with Gasteiger partial charge < -0.3 is 5.32 Å². The van der Waals surface area contributed by atoms with Crippen LogP contribution in [0.5, 0.6) is 0 Å². The average molecular weight is 519 g/mol. The summed E-state index contributed by atoms with van der Waals surface area (Å²) >= 11 is 12.3. The Kier molecular flexibility index (Phi) is 5.97. The first-order valence-corrected chi connectivity index (χ1v) is 11.6. The van der Waals surface area contributed by atoms with Crippen molar-refractivity contribution in [3.05, 3.63) is 92.2 Å². The molecule has 0 fully saturated rings. The van der Waals surface area contributed by atoms with Gasteiger partial charge in [-0.15, -0.1) is 0 Å². The van der Waals surface area contributed by atoms with E-state index in [-0.39, 0.29) is 27.4 Å². The van der Waals surface area contributed by atoms with Gasteiger partial charge in [0.25, 0.3) is 5.91 Å². The smallest absolute Gasteiger partial charge is 0.344 e. The molecule has 180 valence electrons. The molecule has 2 atom stereocenters. The first-order valence-electron chi connectivity index (χ1n) is 10.9. The summed E-state index contributed by atoms with van der Waals surface area (Å²) < 4.78 is 41.5. The van der Waals surface area contributed by atoms with Crippen LogP contribution in [-0.2, 0) is 17.4 Å². The lowest BCUT2D eigenvalue weighted by Gasteiger charge is -2.29. The first-order chi connectivity index (χ1) is 16.6. The lowest BCUT2D eigenvalue weighted by atomic mass is 9.95. The quantitative estimate of drug-likeness (QED) is 0.386. The highest BCUT2D eigenvalue weighted by Crippen LogP contribution is 2.41. The van der Waals surface area contributed by atoms with Crippen molar-refractivity contribution in [2.45, 2.75) is 37.9 Å². The second-order valence-corrected chi connectivity index (χ2v) is 9.34. The van der Waals surface area contributed by atoms with E-state index in [1.54, 1.807) is 19.2 Å². The summed E-state index contributed by atoms with van der Waals surface area (Å²) in [7, 11) is 0. The van der Waals surface area contributed by atoms with Crippen molar-refractivity contribution in [1.82, 2.24) is 9.78 Å². The van der Waals surface area contributed by atoms with Gasteiger partial charge in [0.05, 0.1) is 15.6 Å². The van der Waals surface area contributed by atoms with Crippen LogP contribution in [0.4, 0.5) is 19.0 Å². The Morgan fingerprint density at radius 1 is 1.17 bits per heavy atom. The monoisotopic (exact) mass is 518 g/mol. The van der Waals surface area contributed by atoms with Crippen molar-refractivity contribution in [3.8, 4) is 0 Å². The second kappa shape index (κ2) is 8.84. The molecule has 10 heteroatoms. The molecule has 2 heterocycles. The number of nitrogens with one attached hydrogen (secondary N) is 1. The minimum Gasteiger partial charge on any atom is -0.344 e. The van der Waals surface area contributed by atoms with Gasteiger partial charge in [0.15, 0.2) is 5.69 Å². The minimum absolute atomic E-state index is 0.00636. The van der Waals surface area contributed by atoms with Gasteiger partial charge >= 0.3 is 6.18 Å². The molecule has 2 aliphatic rings. The number of aromatic nitrogens is 2. The van der Waals surface area contributed by atoms with E-state index in [0.717, 1.165) is 29.2 Å². The number of hydrogen-bond acceptors (Lipinski definition) is 3. The van der Waals surface area contributed by atoms with E-state index in [1.165, 1.54) is 17.7 Å². The molecule has 2 unspecified atom stereocenters. The van der Waals surface area contributed by atoms with Crippen molar-refractivity contribution in [3.63, 3.8) is 0 Å². The number of fused-ring (bicyclic) bond motifs is 2. The Hall–Kier alpha value is -3.10. The Morgan fingerprint density at radius 2 is 1.94 bits per heavy atom. The summed E-state index contributed by atoms with van der Waals surface area (Å²) in [5, 5.41) is 7.16. The van der Waals surface area contributed by atoms with Crippen molar-refractivity contribution < 1.29 is 18.0 Å². The minimum atomic E-state index is -4.65. The van der Waals surface area contributed by atoms with E-state index < -0.39 is 23.8 Å². The molecule has 1 aliphatic heterocycles. The molecule has 1 N–H and O–H groups in total. The zero-order chi connectivity index (χ0) is 24.9. The predicted octanol–water partition coefficient (Wildman–Crippen LogP) is 6.83. The number of hydrogen-bond donors (Lipinski definition) is 1. The first kappa shape index (κ1) is 23.6. The lowest BCUT2D eigenvalue weighted by Crippen LogP contribution is -2.28.